The molecular formula is C23H23F2N3OS. The van der Waals surface area contributed by atoms with Crippen LogP contribution in [0.4, 0.5) is 8.78 Å². The van der Waals surface area contributed by atoms with Crippen LogP contribution in [0.2, 0.25) is 0 Å². The summed E-state index contributed by atoms with van der Waals surface area (Å²) in [4.78, 5) is 4.47. The zero-order chi connectivity index (χ0) is 20.9. The molecule has 0 amide bonds. The van der Waals surface area contributed by atoms with Gasteiger partial charge in [-0.3, -0.25) is 4.90 Å². The van der Waals surface area contributed by atoms with E-state index in [2.05, 4.69) is 15.1 Å². The predicted octanol–water partition coefficient (Wildman–Crippen LogP) is 4.34. The van der Waals surface area contributed by atoms with Gasteiger partial charge in [-0.2, -0.15) is 0 Å². The van der Waals surface area contributed by atoms with Gasteiger partial charge in [0.1, 0.15) is 17.4 Å². The highest BCUT2D eigenvalue weighted by molar-refractivity contribution is 7.80. The first-order valence-electron chi connectivity index (χ1n) is 9.90. The zero-order valence-electron chi connectivity index (χ0n) is 16.4. The summed E-state index contributed by atoms with van der Waals surface area (Å²) in [7, 11) is 0. The first kappa shape index (κ1) is 20.5. The predicted molar refractivity (Wildman–Crippen MR) is 116 cm³/mol. The number of furan rings is 1. The number of thiocarbonyl (C=S) groups is 1. The number of nitrogens with one attached hydrogen (secondary N) is 1. The fraction of sp³-hybridized carbons (Fsp3) is 0.261. The Labute approximate surface area is 180 Å². The van der Waals surface area contributed by atoms with Crippen molar-refractivity contribution in [2.45, 2.75) is 12.6 Å². The average molecular weight is 428 g/mol. The highest BCUT2D eigenvalue weighted by Gasteiger charge is 2.27. The molecule has 7 heteroatoms. The van der Waals surface area contributed by atoms with E-state index in [4.69, 9.17) is 16.6 Å². The van der Waals surface area contributed by atoms with Crippen molar-refractivity contribution in [3.63, 3.8) is 0 Å². The number of halogens is 2. The number of piperazine rings is 1. The zero-order valence-corrected chi connectivity index (χ0v) is 17.2. The molecule has 1 fully saturated rings. The van der Waals surface area contributed by atoms with Crippen LogP contribution in [0.15, 0.2) is 71.3 Å². The molecular weight excluding hydrogens is 404 g/mol. The van der Waals surface area contributed by atoms with Gasteiger partial charge < -0.3 is 14.6 Å². The molecule has 0 atom stereocenters. The van der Waals surface area contributed by atoms with Crippen LogP contribution in [0.3, 0.4) is 0 Å². The minimum absolute atomic E-state index is 0.0713. The summed E-state index contributed by atoms with van der Waals surface area (Å²) in [6.45, 7) is 3.65. The monoisotopic (exact) mass is 427 g/mol. The highest BCUT2D eigenvalue weighted by atomic mass is 32.1. The first-order valence-corrected chi connectivity index (χ1v) is 10.3. The van der Waals surface area contributed by atoms with Gasteiger partial charge in [-0.15, -0.1) is 0 Å². The maximum absolute atomic E-state index is 13.5. The van der Waals surface area contributed by atoms with Gasteiger partial charge in [0.25, 0.3) is 0 Å². The molecule has 0 bridgehead atoms. The van der Waals surface area contributed by atoms with Crippen LogP contribution in [0.5, 0.6) is 0 Å². The van der Waals surface area contributed by atoms with E-state index >= 15 is 0 Å². The van der Waals surface area contributed by atoms with Crippen LogP contribution in [0, 0.1) is 11.6 Å². The van der Waals surface area contributed by atoms with Crippen molar-refractivity contribution in [1.29, 1.82) is 0 Å². The molecule has 1 aliphatic rings. The van der Waals surface area contributed by atoms with Crippen LogP contribution in [-0.4, -0.2) is 41.1 Å². The summed E-state index contributed by atoms with van der Waals surface area (Å²) >= 11 is 5.54. The molecule has 1 aromatic heterocycles. The molecule has 1 N–H and O–H groups in total. The molecule has 0 saturated carbocycles. The Morgan fingerprint density at radius 2 is 1.47 bits per heavy atom. The Hall–Kier alpha value is -2.77. The smallest absolute Gasteiger partial charge is 0.169 e. The van der Waals surface area contributed by atoms with Gasteiger partial charge in [-0.1, -0.05) is 24.3 Å². The second kappa shape index (κ2) is 9.36. The summed E-state index contributed by atoms with van der Waals surface area (Å²) in [6.07, 6.45) is 1.64. The molecule has 4 nitrogen and oxygen atoms in total. The van der Waals surface area contributed by atoms with Gasteiger partial charge in [0.2, 0.25) is 0 Å². The van der Waals surface area contributed by atoms with Crippen LogP contribution >= 0.6 is 12.2 Å². The van der Waals surface area contributed by atoms with E-state index < -0.39 is 0 Å². The normalized spacial score (nSPS) is 14.8. The Kier molecular flexibility index (Phi) is 6.40. The van der Waals surface area contributed by atoms with Crippen LogP contribution in [0.1, 0.15) is 22.9 Å². The molecule has 0 aliphatic carbocycles. The topological polar surface area (TPSA) is 31.6 Å². The Morgan fingerprint density at radius 1 is 0.900 bits per heavy atom. The Morgan fingerprint density at radius 3 is 1.97 bits per heavy atom. The van der Waals surface area contributed by atoms with Gasteiger partial charge in [-0.25, -0.2) is 8.78 Å². The van der Waals surface area contributed by atoms with Crippen LogP contribution in [0.25, 0.3) is 0 Å². The largest absolute Gasteiger partial charge is 0.467 e. The van der Waals surface area contributed by atoms with Gasteiger partial charge in [0.05, 0.1) is 18.8 Å². The van der Waals surface area contributed by atoms with Gasteiger partial charge >= 0.3 is 0 Å². The standard InChI is InChI=1S/C23H23F2N3OS/c24-19-7-3-17(4-8-19)22(18-5-9-20(25)10-6-18)27-11-13-28(14-12-27)23(30)26-16-21-2-1-15-29-21/h1-10,15,22H,11-14,16H2,(H,26,30). The molecule has 4 rings (SSSR count). The number of nitrogens with zero attached hydrogens (tertiary/aromatic N) is 2. The lowest BCUT2D eigenvalue weighted by Gasteiger charge is -2.40. The van der Waals surface area contributed by atoms with Crippen molar-refractivity contribution >= 4 is 17.3 Å². The van der Waals surface area contributed by atoms with E-state index in [0.29, 0.717) is 11.7 Å². The minimum atomic E-state index is -0.269. The third-order valence-electron chi connectivity index (χ3n) is 5.33. The summed E-state index contributed by atoms with van der Waals surface area (Å²) < 4.78 is 32.3. The lowest BCUT2D eigenvalue weighted by atomic mass is 9.96. The third kappa shape index (κ3) is 4.86. The molecule has 0 unspecified atom stereocenters. The van der Waals surface area contributed by atoms with Gasteiger partial charge in [-0.05, 0) is 59.7 Å². The highest BCUT2D eigenvalue weighted by Crippen LogP contribution is 2.30. The summed E-state index contributed by atoms with van der Waals surface area (Å²) in [5.41, 5.74) is 1.96. The fourth-order valence-corrected chi connectivity index (χ4v) is 4.03. The van der Waals surface area contributed by atoms with Crippen LogP contribution < -0.4 is 5.32 Å². The number of hydrogen-bond donors (Lipinski definition) is 1. The molecule has 2 heterocycles. The quantitative estimate of drug-likeness (QED) is 0.613. The summed E-state index contributed by atoms with van der Waals surface area (Å²) in [5, 5.41) is 3.94. The van der Waals surface area contributed by atoms with Gasteiger partial charge in [0.15, 0.2) is 5.11 Å². The average Bonchev–Trinajstić information content (AvgIpc) is 3.29. The van der Waals surface area contributed by atoms with Crippen molar-refractivity contribution in [1.82, 2.24) is 15.1 Å². The van der Waals surface area contributed by atoms with E-state index in [-0.39, 0.29) is 17.7 Å². The Bertz CT molecular complexity index is 908. The molecule has 0 radical (unpaired) electrons. The second-order valence-corrected chi connectivity index (χ2v) is 7.65. The first-order chi connectivity index (χ1) is 14.6. The van der Waals surface area contributed by atoms with E-state index in [0.717, 1.165) is 43.1 Å². The third-order valence-corrected chi connectivity index (χ3v) is 5.73. The van der Waals surface area contributed by atoms with Crippen LogP contribution in [-0.2, 0) is 6.54 Å². The lowest BCUT2D eigenvalue weighted by molar-refractivity contribution is 0.149. The molecule has 30 heavy (non-hydrogen) atoms. The SMILES string of the molecule is Fc1ccc(C(c2ccc(F)cc2)N2CCN(C(=S)NCc3ccco3)CC2)cc1. The maximum atomic E-state index is 13.5. The molecule has 156 valence electrons. The molecule has 1 aliphatic heterocycles. The van der Waals surface area contributed by atoms with Gasteiger partial charge in [0, 0.05) is 26.2 Å². The van der Waals surface area contributed by atoms with Crippen molar-refractivity contribution in [2.24, 2.45) is 0 Å². The number of benzene rings is 2. The number of hydrogen-bond acceptors (Lipinski definition) is 3. The molecule has 1 saturated heterocycles. The molecule has 0 spiro atoms. The van der Waals surface area contributed by atoms with E-state index in [1.165, 1.54) is 24.3 Å². The van der Waals surface area contributed by atoms with E-state index in [1.807, 2.05) is 12.1 Å². The van der Waals surface area contributed by atoms with Crippen molar-refractivity contribution in [3.8, 4) is 0 Å². The minimum Gasteiger partial charge on any atom is -0.467 e. The van der Waals surface area contributed by atoms with E-state index in [9.17, 15) is 8.78 Å². The number of rotatable bonds is 5. The fourth-order valence-electron chi connectivity index (χ4n) is 3.78. The lowest BCUT2D eigenvalue weighted by Crippen LogP contribution is -2.52. The molecule has 3 aromatic rings. The summed E-state index contributed by atoms with van der Waals surface area (Å²) in [5.74, 6) is 0.299. The van der Waals surface area contributed by atoms with Crippen molar-refractivity contribution in [2.75, 3.05) is 26.2 Å². The second-order valence-electron chi connectivity index (χ2n) is 7.27. The van der Waals surface area contributed by atoms with Crippen molar-refractivity contribution < 1.29 is 13.2 Å². The maximum Gasteiger partial charge on any atom is 0.169 e. The Balaban J connectivity index is 1.44. The van der Waals surface area contributed by atoms with Crippen molar-refractivity contribution in [3.05, 3.63) is 95.4 Å². The summed E-state index contributed by atoms with van der Waals surface area (Å²) in [6, 6.07) is 16.7. The molecule has 2 aromatic carbocycles. The van der Waals surface area contributed by atoms with E-state index in [1.54, 1.807) is 30.5 Å².